The van der Waals surface area contributed by atoms with E-state index in [4.69, 9.17) is 17.3 Å². The molecule has 0 unspecified atom stereocenters. The Kier molecular flexibility index (Phi) is 5.13. The lowest BCUT2D eigenvalue weighted by atomic mass is 10.3. The van der Waals surface area contributed by atoms with E-state index in [1.54, 1.807) is 11.8 Å². The zero-order valence-electron chi connectivity index (χ0n) is 8.13. The van der Waals surface area contributed by atoms with E-state index in [-0.39, 0.29) is 11.4 Å². The Bertz CT molecular complexity index is 154. The molecule has 0 bridgehead atoms. The molecule has 0 fully saturated rings. The highest BCUT2D eigenvalue weighted by molar-refractivity contribution is 8.23. The van der Waals surface area contributed by atoms with Gasteiger partial charge in [-0.25, -0.2) is 0 Å². The Balaban J connectivity index is 3.87. The standard InChI is InChI=1S/C8H17NOS2/c1-8(2,3)12-7(11)9(4)5-6-10/h10H,5-6H2,1-4H3. The van der Waals surface area contributed by atoms with Crippen LogP contribution in [0.2, 0.25) is 0 Å². The zero-order chi connectivity index (χ0) is 9.78. The van der Waals surface area contributed by atoms with Crippen LogP contribution in [0.4, 0.5) is 0 Å². The molecule has 0 amide bonds. The number of thiocarbonyl (C=S) groups is 1. The Morgan fingerprint density at radius 2 is 2.00 bits per heavy atom. The van der Waals surface area contributed by atoms with Crippen molar-refractivity contribution >= 4 is 28.3 Å². The molecule has 2 nitrogen and oxygen atoms in total. The average Bonchev–Trinajstić information content (AvgIpc) is 1.84. The van der Waals surface area contributed by atoms with Crippen molar-refractivity contribution in [1.82, 2.24) is 4.90 Å². The lowest BCUT2D eigenvalue weighted by Gasteiger charge is -2.24. The number of hydrogen-bond acceptors (Lipinski definition) is 3. The predicted molar refractivity (Wildman–Crippen MR) is 59.7 cm³/mol. The lowest BCUT2D eigenvalue weighted by Crippen LogP contribution is -2.28. The van der Waals surface area contributed by atoms with Gasteiger partial charge >= 0.3 is 0 Å². The quantitative estimate of drug-likeness (QED) is 0.697. The first-order chi connectivity index (χ1) is 5.37. The highest BCUT2D eigenvalue weighted by Gasteiger charge is 2.15. The first-order valence-corrected chi connectivity index (χ1v) is 5.14. The van der Waals surface area contributed by atoms with Crippen LogP contribution in [0.1, 0.15) is 20.8 Å². The summed E-state index contributed by atoms with van der Waals surface area (Å²) < 4.78 is 0.998. The van der Waals surface area contributed by atoms with E-state index in [9.17, 15) is 0 Å². The Morgan fingerprint density at radius 3 is 2.33 bits per heavy atom. The van der Waals surface area contributed by atoms with E-state index >= 15 is 0 Å². The molecule has 1 N–H and O–H groups in total. The molecular weight excluding hydrogens is 190 g/mol. The molecule has 0 spiro atoms. The Morgan fingerprint density at radius 1 is 1.50 bits per heavy atom. The van der Waals surface area contributed by atoms with Crippen LogP contribution < -0.4 is 0 Å². The van der Waals surface area contributed by atoms with Crippen LogP contribution in [0.5, 0.6) is 0 Å². The van der Waals surface area contributed by atoms with Crippen molar-refractivity contribution in [2.45, 2.75) is 25.5 Å². The third kappa shape index (κ3) is 5.80. The molecule has 0 saturated carbocycles. The van der Waals surface area contributed by atoms with Crippen molar-refractivity contribution in [1.29, 1.82) is 0 Å². The Labute approximate surface area is 84.3 Å². The van der Waals surface area contributed by atoms with Gasteiger partial charge in [-0.2, -0.15) is 0 Å². The fourth-order valence-corrected chi connectivity index (χ4v) is 2.19. The van der Waals surface area contributed by atoms with Crippen molar-refractivity contribution in [3.8, 4) is 0 Å². The summed E-state index contributed by atoms with van der Waals surface area (Å²) >= 11 is 6.82. The van der Waals surface area contributed by atoms with Crippen LogP contribution in [0.15, 0.2) is 0 Å². The van der Waals surface area contributed by atoms with Crippen LogP contribution in [-0.4, -0.2) is 39.3 Å². The predicted octanol–water partition coefficient (Wildman–Crippen LogP) is 1.73. The van der Waals surface area contributed by atoms with E-state index in [1.165, 1.54) is 0 Å². The molecule has 72 valence electrons. The fourth-order valence-electron chi connectivity index (χ4n) is 0.581. The minimum Gasteiger partial charge on any atom is -0.395 e. The summed E-state index contributed by atoms with van der Waals surface area (Å²) in [5, 5.41) is 8.67. The van der Waals surface area contributed by atoms with E-state index in [0.717, 1.165) is 4.32 Å². The highest BCUT2D eigenvalue weighted by Crippen LogP contribution is 2.25. The van der Waals surface area contributed by atoms with Crippen molar-refractivity contribution < 1.29 is 5.11 Å². The molecule has 0 aliphatic rings. The molecule has 12 heavy (non-hydrogen) atoms. The summed E-state index contributed by atoms with van der Waals surface area (Å²) in [6.07, 6.45) is 0. The van der Waals surface area contributed by atoms with E-state index in [1.807, 2.05) is 11.9 Å². The smallest absolute Gasteiger partial charge is 0.136 e. The molecule has 4 heteroatoms. The maximum Gasteiger partial charge on any atom is 0.136 e. The zero-order valence-corrected chi connectivity index (χ0v) is 9.76. The monoisotopic (exact) mass is 207 g/mol. The lowest BCUT2D eigenvalue weighted by molar-refractivity contribution is 0.266. The topological polar surface area (TPSA) is 23.5 Å². The molecule has 0 aliphatic carbocycles. The van der Waals surface area contributed by atoms with Gasteiger partial charge in [0.25, 0.3) is 0 Å². The van der Waals surface area contributed by atoms with Gasteiger partial charge in [-0.15, -0.1) is 0 Å². The second kappa shape index (κ2) is 5.04. The van der Waals surface area contributed by atoms with E-state index in [2.05, 4.69) is 20.8 Å². The minimum atomic E-state index is 0.154. The molecule has 0 aliphatic heterocycles. The molecule has 0 aromatic rings. The van der Waals surface area contributed by atoms with Crippen molar-refractivity contribution in [3.63, 3.8) is 0 Å². The van der Waals surface area contributed by atoms with Gasteiger partial charge in [0, 0.05) is 18.3 Å². The minimum absolute atomic E-state index is 0.154. The number of thioether (sulfide) groups is 1. The summed E-state index contributed by atoms with van der Waals surface area (Å²) in [7, 11) is 1.90. The summed E-state index contributed by atoms with van der Waals surface area (Å²) in [4.78, 5) is 1.89. The van der Waals surface area contributed by atoms with Crippen molar-refractivity contribution in [2.24, 2.45) is 0 Å². The van der Waals surface area contributed by atoms with Gasteiger partial charge in [0.1, 0.15) is 4.32 Å². The first-order valence-electron chi connectivity index (χ1n) is 3.92. The van der Waals surface area contributed by atoms with E-state index in [0.29, 0.717) is 6.54 Å². The molecule has 0 heterocycles. The molecule has 0 aromatic heterocycles. The van der Waals surface area contributed by atoms with Gasteiger partial charge in [0.15, 0.2) is 0 Å². The third-order valence-electron chi connectivity index (χ3n) is 1.14. The van der Waals surface area contributed by atoms with Crippen LogP contribution in [-0.2, 0) is 0 Å². The van der Waals surface area contributed by atoms with Crippen molar-refractivity contribution in [3.05, 3.63) is 0 Å². The van der Waals surface area contributed by atoms with Gasteiger partial charge in [-0.1, -0.05) is 44.8 Å². The maximum absolute atomic E-state index is 8.67. The SMILES string of the molecule is CN(CCO)C(=S)SC(C)(C)C. The number of nitrogens with zero attached hydrogens (tertiary/aromatic N) is 1. The Hall–Kier alpha value is 0.200. The molecular formula is C8H17NOS2. The maximum atomic E-state index is 8.67. The van der Waals surface area contributed by atoms with Gasteiger partial charge in [-0.3, -0.25) is 0 Å². The summed E-state index contributed by atoms with van der Waals surface area (Å²) in [5.74, 6) is 0. The highest BCUT2D eigenvalue weighted by atomic mass is 32.2. The van der Waals surface area contributed by atoms with Crippen LogP contribution in [0.3, 0.4) is 0 Å². The van der Waals surface area contributed by atoms with Gasteiger partial charge in [0.2, 0.25) is 0 Å². The largest absolute Gasteiger partial charge is 0.395 e. The van der Waals surface area contributed by atoms with E-state index < -0.39 is 0 Å². The number of hydrogen-bond donors (Lipinski definition) is 1. The third-order valence-corrected chi connectivity index (χ3v) is 2.80. The van der Waals surface area contributed by atoms with Gasteiger partial charge in [0.05, 0.1) is 6.61 Å². The average molecular weight is 207 g/mol. The number of likely N-dealkylation sites (N-methyl/N-ethyl adjacent to an activating group) is 1. The second-order valence-electron chi connectivity index (χ2n) is 3.63. The second-order valence-corrected chi connectivity index (χ2v) is 6.09. The summed E-state index contributed by atoms with van der Waals surface area (Å²) in [6, 6.07) is 0. The molecule has 0 saturated heterocycles. The van der Waals surface area contributed by atoms with Crippen LogP contribution in [0.25, 0.3) is 0 Å². The summed E-state index contributed by atoms with van der Waals surface area (Å²) in [5.41, 5.74) is 0. The van der Waals surface area contributed by atoms with Gasteiger partial charge in [-0.05, 0) is 0 Å². The number of aliphatic hydroxyl groups excluding tert-OH is 1. The molecule has 0 aromatic carbocycles. The van der Waals surface area contributed by atoms with Gasteiger partial charge < -0.3 is 10.0 Å². The van der Waals surface area contributed by atoms with Crippen molar-refractivity contribution in [2.75, 3.05) is 20.2 Å². The number of rotatable bonds is 2. The molecule has 0 atom stereocenters. The normalized spacial score (nSPS) is 11.4. The van der Waals surface area contributed by atoms with Crippen LogP contribution >= 0.6 is 24.0 Å². The molecule has 0 rings (SSSR count). The summed E-state index contributed by atoms with van der Waals surface area (Å²) in [6.45, 7) is 7.13. The first kappa shape index (κ1) is 12.2. The van der Waals surface area contributed by atoms with Crippen LogP contribution in [0, 0.1) is 0 Å². The molecule has 0 radical (unpaired) electrons. The fraction of sp³-hybridized carbons (Fsp3) is 0.875. The number of aliphatic hydroxyl groups is 1.